The van der Waals surface area contributed by atoms with Crippen LogP contribution in [0, 0.1) is 6.92 Å². The molecule has 0 fully saturated rings. The number of amides is 1. The lowest BCUT2D eigenvalue weighted by atomic mass is 10.1. The largest absolute Gasteiger partial charge is 0.352 e. The minimum atomic E-state index is -3.51. The fourth-order valence-electron chi connectivity index (χ4n) is 3.79. The van der Waals surface area contributed by atoms with E-state index in [-0.39, 0.29) is 11.7 Å². The van der Waals surface area contributed by atoms with Gasteiger partial charge in [-0.25, -0.2) is 18.4 Å². The lowest BCUT2D eigenvalue weighted by Crippen LogP contribution is -2.25. The summed E-state index contributed by atoms with van der Waals surface area (Å²) in [5.74, 6) is 0.355. The lowest BCUT2D eigenvalue weighted by Gasteiger charge is -2.11. The first-order valence-electron chi connectivity index (χ1n) is 11.0. The van der Waals surface area contributed by atoms with E-state index in [1.807, 2.05) is 54.4 Å². The molecule has 0 saturated heterocycles. The highest BCUT2D eigenvalue weighted by Gasteiger charge is 2.20. The molecular weight excluding hydrogens is 470 g/mol. The zero-order valence-electron chi connectivity index (χ0n) is 19.3. The van der Waals surface area contributed by atoms with E-state index in [9.17, 15) is 13.2 Å². The molecule has 2 aromatic heterocycles. The van der Waals surface area contributed by atoms with Gasteiger partial charge in [-0.3, -0.25) is 9.52 Å². The van der Waals surface area contributed by atoms with Crippen LogP contribution in [0.5, 0.6) is 0 Å². The quantitative estimate of drug-likeness (QED) is 0.338. The van der Waals surface area contributed by atoms with Crippen LogP contribution in [0.2, 0.25) is 0 Å². The van der Waals surface area contributed by atoms with E-state index in [1.54, 1.807) is 30.4 Å². The van der Waals surface area contributed by atoms with Crippen molar-refractivity contribution in [1.82, 2.24) is 19.9 Å². The molecule has 0 aliphatic carbocycles. The average molecular weight is 498 g/mol. The summed E-state index contributed by atoms with van der Waals surface area (Å²) in [7, 11) is -1.65. The molecular formula is C24H27N5O3S2. The third-order valence-corrected chi connectivity index (χ3v) is 7.91. The average Bonchev–Trinajstić information content (AvgIpc) is 3.39. The topological polar surface area (TPSA) is 106 Å². The van der Waals surface area contributed by atoms with Crippen molar-refractivity contribution in [2.24, 2.45) is 7.05 Å². The molecule has 2 heterocycles. The Balaban J connectivity index is 1.66. The second kappa shape index (κ2) is 9.94. The molecule has 10 heteroatoms. The van der Waals surface area contributed by atoms with Crippen molar-refractivity contribution in [1.29, 1.82) is 0 Å². The minimum absolute atomic E-state index is 0.0684. The van der Waals surface area contributed by atoms with Gasteiger partial charge in [0.2, 0.25) is 10.0 Å². The Morgan fingerprint density at radius 2 is 1.94 bits per heavy atom. The van der Waals surface area contributed by atoms with E-state index in [0.717, 1.165) is 24.1 Å². The third kappa shape index (κ3) is 5.13. The van der Waals surface area contributed by atoms with Crippen molar-refractivity contribution < 1.29 is 13.2 Å². The predicted octanol–water partition coefficient (Wildman–Crippen LogP) is 4.13. The van der Waals surface area contributed by atoms with Crippen LogP contribution >= 0.6 is 11.3 Å². The predicted molar refractivity (Wildman–Crippen MR) is 137 cm³/mol. The Bertz CT molecular complexity index is 1430. The molecule has 0 aliphatic rings. The smallest absolute Gasteiger partial charge is 0.253 e. The number of carbonyl (C=O) groups excluding carboxylic acids is 1. The van der Waals surface area contributed by atoms with Crippen molar-refractivity contribution in [2.75, 3.05) is 17.0 Å². The lowest BCUT2D eigenvalue weighted by molar-refractivity contribution is 0.0954. The molecule has 0 radical (unpaired) electrons. The number of fused-ring (bicyclic) bond motifs is 1. The van der Waals surface area contributed by atoms with Gasteiger partial charge < -0.3 is 9.88 Å². The van der Waals surface area contributed by atoms with Crippen molar-refractivity contribution in [3.63, 3.8) is 0 Å². The van der Waals surface area contributed by atoms with Gasteiger partial charge in [0.1, 0.15) is 5.82 Å². The number of thiazole rings is 1. The standard InChI is InChI=1S/C24H27N5O3S2/c1-4-34(31,32)28-18-13-19(24(30)25-12-8-11-21-16(2)26-15-33-21)22-20(14-18)27-23(29(22)3)17-9-6-5-7-10-17/h5-7,9-10,13-15,28H,4,8,11-12H2,1-3H3,(H,25,30). The highest BCUT2D eigenvalue weighted by Crippen LogP contribution is 2.29. The summed E-state index contributed by atoms with van der Waals surface area (Å²) >= 11 is 1.62. The third-order valence-electron chi connectivity index (χ3n) is 5.61. The second-order valence-corrected chi connectivity index (χ2v) is 10.9. The Morgan fingerprint density at radius 3 is 2.62 bits per heavy atom. The first-order valence-corrected chi connectivity index (χ1v) is 13.6. The van der Waals surface area contributed by atoms with Gasteiger partial charge in [0.15, 0.2) is 0 Å². The number of nitrogens with one attached hydrogen (secondary N) is 2. The molecule has 0 aliphatic heterocycles. The Hall–Kier alpha value is -3.24. The number of aryl methyl sites for hydroxylation is 3. The number of hydrogen-bond acceptors (Lipinski definition) is 6. The van der Waals surface area contributed by atoms with E-state index in [0.29, 0.717) is 34.7 Å². The van der Waals surface area contributed by atoms with Crippen LogP contribution in [0.25, 0.3) is 22.4 Å². The maximum atomic E-state index is 13.2. The SMILES string of the molecule is CCS(=O)(=O)Nc1cc(C(=O)NCCCc2scnc2C)c2c(c1)nc(-c1ccccc1)n2C. The summed E-state index contributed by atoms with van der Waals surface area (Å²) in [6.07, 6.45) is 1.62. The maximum Gasteiger partial charge on any atom is 0.253 e. The van der Waals surface area contributed by atoms with Gasteiger partial charge >= 0.3 is 0 Å². The monoisotopic (exact) mass is 497 g/mol. The fraction of sp³-hybridized carbons (Fsp3) is 0.292. The van der Waals surface area contributed by atoms with E-state index in [4.69, 9.17) is 4.98 Å². The zero-order chi connectivity index (χ0) is 24.3. The molecule has 2 N–H and O–H groups in total. The first kappa shape index (κ1) is 23.9. The van der Waals surface area contributed by atoms with Crippen molar-refractivity contribution in [3.05, 3.63) is 64.1 Å². The van der Waals surface area contributed by atoms with Gasteiger partial charge in [0.25, 0.3) is 5.91 Å². The van der Waals surface area contributed by atoms with Crippen molar-refractivity contribution in [3.8, 4) is 11.4 Å². The number of nitrogens with zero attached hydrogens (tertiary/aromatic N) is 3. The second-order valence-electron chi connectivity index (χ2n) is 7.98. The number of rotatable bonds is 9. The summed E-state index contributed by atoms with van der Waals surface area (Å²) in [6.45, 7) is 4.04. The molecule has 0 spiro atoms. The maximum absolute atomic E-state index is 13.2. The number of anilines is 1. The molecule has 8 nitrogen and oxygen atoms in total. The number of benzene rings is 2. The van der Waals surface area contributed by atoms with Crippen LogP contribution in [-0.4, -0.2) is 41.2 Å². The summed E-state index contributed by atoms with van der Waals surface area (Å²) < 4.78 is 28.8. The van der Waals surface area contributed by atoms with Crippen LogP contribution in [-0.2, 0) is 23.5 Å². The molecule has 0 atom stereocenters. The van der Waals surface area contributed by atoms with Crippen molar-refractivity contribution in [2.45, 2.75) is 26.7 Å². The number of sulfonamides is 1. The zero-order valence-corrected chi connectivity index (χ0v) is 21.0. The molecule has 2 aromatic carbocycles. The summed E-state index contributed by atoms with van der Waals surface area (Å²) in [6, 6.07) is 12.9. The number of hydrogen-bond donors (Lipinski definition) is 2. The highest BCUT2D eigenvalue weighted by molar-refractivity contribution is 7.92. The first-order chi connectivity index (χ1) is 16.3. The molecule has 4 rings (SSSR count). The van der Waals surface area contributed by atoms with Gasteiger partial charge in [-0.15, -0.1) is 11.3 Å². The molecule has 0 saturated carbocycles. The molecule has 0 unspecified atom stereocenters. The van der Waals surface area contributed by atoms with Gasteiger partial charge in [-0.05, 0) is 38.8 Å². The Kier molecular flexibility index (Phi) is 6.99. The van der Waals surface area contributed by atoms with E-state index in [2.05, 4.69) is 15.0 Å². The van der Waals surface area contributed by atoms with Gasteiger partial charge in [-0.2, -0.15) is 0 Å². The number of carbonyl (C=O) groups is 1. The summed E-state index contributed by atoms with van der Waals surface area (Å²) in [4.78, 5) is 23.4. The normalized spacial score (nSPS) is 11.6. The summed E-state index contributed by atoms with van der Waals surface area (Å²) in [5, 5.41) is 2.98. The van der Waals surface area contributed by atoms with Gasteiger partial charge in [0.05, 0.1) is 39.2 Å². The van der Waals surface area contributed by atoms with Gasteiger partial charge in [0, 0.05) is 24.0 Å². The van der Waals surface area contributed by atoms with Crippen LogP contribution in [0.3, 0.4) is 0 Å². The highest BCUT2D eigenvalue weighted by atomic mass is 32.2. The van der Waals surface area contributed by atoms with Crippen LogP contribution in [0.4, 0.5) is 5.69 Å². The Labute approximate surface area is 203 Å². The molecule has 1 amide bonds. The molecule has 4 aromatic rings. The molecule has 0 bridgehead atoms. The van der Waals surface area contributed by atoms with Crippen LogP contribution in [0.15, 0.2) is 48.0 Å². The summed E-state index contributed by atoms with van der Waals surface area (Å²) in [5.41, 5.74) is 5.64. The van der Waals surface area contributed by atoms with Crippen molar-refractivity contribution >= 4 is 44.0 Å². The number of imidazole rings is 1. The molecule has 178 valence electrons. The minimum Gasteiger partial charge on any atom is -0.352 e. The van der Waals surface area contributed by atoms with E-state index < -0.39 is 10.0 Å². The van der Waals surface area contributed by atoms with Gasteiger partial charge in [-0.1, -0.05) is 30.3 Å². The van der Waals surface area contributed by atoms with Crippen LogP contribution < -0.4 is 10.0 Å². The van der Waals surface area contributed by atoms with E-state index >= 15 is 0 Å². The molecule has 34 heavy (non-hydrogen) atoms. The Morgan fingerprint density at radius 1 is 1.18 bits per heavy atom. The van der Waals surface area contributed by atoms with Crippen LogP contribution in [0.1, 0.15) is 34.3 Å². The fourth-order valence-corrected chi connectivity index (χ4v) is 5.24. The number of aromatic nitrogens is 3. The van der Waals surface area contributed by atoms with E-state index in [1.165, 1.54) is 4.88 Å².